The maximum absolute atomic E-state index is 11.8. The van der Waals surface area contributed by atoms with Crippen LogP contribution >= 0.6 is 11.3 Å². The fourth-order valence-corrected chi connectivity index (χ4v) is 3.98. The Labute approximate surface area is 139 Å². The molecule has 124 valence electrons. The molecule has 0 atom stereocenters. The van der Waals surface area contributed by atoms with Crippen LogP contribution in [0.1, 0.15) is 56.2 Å². The molecule has 3 nitrogen and oxygen atoms in total. The van der Waals surface area contributed by atoms with Crippen molar-refractivity contribution < 1.29 is 4.79 Å². The highest BCUT2D eigenvalue weighted by atomic mass is 32.1. The lowest BCUT2D eigenvalue weighted by Crippen LogP contribution is -2.35. The van der Waals surface area contributed by atoms with Crippen LogP contribution < -0.4 is 5.32 Å². The van der Waals surface area contributed by atoms with Gasteiger partial charge in [-0.1, -0.05) is 25.3 Å². The molecular weight excluding hydrogens is 292 g/mol. The van der Waals surface area contributed by atoms with Gasteiger partial charge in [0.25, 0.3) is 0 Å². The van der Waals surface area contributed by atoms with Crippen molar-refractivity contribution in [2.45, 2.75) is 63.8 Å². The molecule has 1 aromatic heterocycles. The highest BCUT2D eigenvalue weighted by Gasteiger charge is 2.17. The van der Waals surface area contributed by atoms with Crippen LogP contribution in [-0.2, 0) is 11.2 Å². The van der Waals surface area contributed by atoms with Crippen molar-refractivity contribution in [2.24, 2.45) is 0 Å². The van der Waals surface area contributed by atoms with Crippen LogP contribution in [-0.4, -0.2) is 37.0 Å². The number of carbonyl (C=O) groups is 1. The normalized spacial score (nSPS) is 16.1. The van der Waals surface area contributed by atoms with E-state index in [-0.39, 0.29) is 5.91 Å². The summed E-state index contributed by atoms with van der Waals surface area (Å²) in [6, 6.07) is 4.99. The monoisotopic (exact) mass is 322 g/mol. The number of hydrogen-bond donors (Lipinski definition) is 1. The van der Waals surface area contributed by atoms with Crippen molar-refractivity contribution in [1.82, 2.24) is 10.2 Å². The summed E-state index contributed by atoms with van der Waals surface area (Å²) in [6.07, 6.45) is 10.6. The Balaban J connectivity index is 1.47. The molecule has 1 fully saturated rings. The molecule has 0 aromatic carbocycles. The summed E-state index contributed by atoms with van der Waals surface area (Å²) in [5, 5.41) is 5.15. The molecule has 1 amide bonds. The zero-order valence-corrected chi connectivity index (χ0v) is 14.7. The van der Waals surface area contributed by atoms with Crippen molar-refractivity contribution >= 4 is 17.2 Å². The van der Waals surface area contributed by atoms with Gasteiger partial charge < -0.3 is 10.2 Å². The molecule has 1 N–H and O–H groups in total. The summed E-state index contributed by atoms with van der Waals surface area (Å²) in [7, 11) is 2.23. The molecule has 0 aliphatic heterocycles. The Bertz CT molecular complexity index is 413. The van der Waals surface area contributed by atoms with E-state index in [0.29, 0.717) is 6.42 Å². The molecule has 1 saturated carbocycles. The van der Waals surface area contributed by atoms with E-state index in [4.69, 9.17) is 0 Å². The lowest BCUT2D eigenvalue weighted by atomic mass is 9.94. The standard InChI is InChI=1S/C18H30N2OS/c1-20(16-8-3-2-4-9-16)14-7-13-19-18(21)12-5-10-17-11-6-15-22-17/h6,11,15-16H,2-5,7-10,12-14H2,1H3,(H,19,21). The van der Waals surface area contributed by atoms with Gasteiger partial charge in [0.05, 0.1) is 0 Å². The van der Waals surface area contributed by atoms with Crippen LogP contribution in [0.3, 0.4) is 0 Å². The van der Waals surface area contributed by atoms with E-state index in [1.54, 1.807) is 11.3 Å². The summed E-state index contributed by atoms with van der Waals surface area (Å²) in [5.74, 6) is 0.205. The van der Waals surface area contributed by atoms with Crippen molar-refractivity contribution in [1.29, 1.82) is 0 Å². The third-order valence-corrected chi connectivity index (χ3v) is 5.55. The van der Waals surface area contributed by atoms with Gasteiger partial charge in [-0.3, -0.25) is 4.79 Å². The molecule has 0 unspecified atom stereocenters. The first-order valence-electron chi connectivity index (χ1n) is 8.75. The summed E-state index contributed by atoms with van der Waals surface area (Å²) in [4.78, 5) is 15.7. The number of aryl methyl sites for hydroxylation is 1. The molecular formula is C18H30N2OS. The Hall–Kier alpha value is -0.870. The molecule has 22 heavy (non-hydrogen) atoms. The number of nitrogens with one attached hydrogen (secondary N) is 1. The van der Waals surface area contributed by atoms with E-state index in [1.807, 2.05) is 0 Å². The number of hydrogen-bond acceptors (Lipinski definition) is 3. The molecule has 1 aromatic rings. The molecule has 0 radical (unpaired) electrons. The van der Waals surface area contributed by atoms with Gasteiger partial charge in [0, 0.05) is 23.9 Å². The van der Waals surface area contributed by atoms with Gasteiger partial charge in [0.2, 0.25) is 5.91 Å². The lowest BCUT2D eigenvalue weighted by molar-refractivity contribution is -0.121. The summed E-state index contributed by atoms with van der Waals surface area (Å²) in [6.45, 7) is 1.91. The van der Waals surface area contributed by atoms with Crippen LogP contribution in [0.25, 0.3) is 0 Å². The molecule has 0 bridgehead atoms. The van der Waals surface area contributed by atoms with Crippen LogP contribution in [0.5, 0.6) is 0 Å². The fraction of sp³-hybridized carbons (Fsp3) is 0.722. The predicted octanol–water partition coefficient (Wildman–Crippen LogP) is 3.84. The van der Waals surface area contributed by atoms with Gasteiger partial charge in [-0.05, 0) is 57.1 Å². The highest BCUT2D eigenvalue weighted by Crippen LogP contribution is 2.21. The van der Waals surface area contributed by atoms with Crippen molar-refractivity contribution in [3.63, 3.8) is 0 Å². The second kappa shape index (κ2) is 10.0. The Morgan fingerprint density at radius 3 is 2.86 bits per heavy atom. The van der Waals surface area contributed by atoms with Crippen LogP contribution in [0, 0.1) is 0 Å². The summed E-state index contributed by atoms with van der Waals surface area (Å²) in [5.41, 5.74) is 0. The SMILES string of the molecule is CN(CCCNC(=O)CCCc1cccs1)C1CCCCC1. The summed E-state index contributed by atoms with van der Waals surface area (Å²) < 4.78 is 0. The number of thiophene rings is 1. The Morgan fingerprint density at radius 1 is 1.32 bits per heavy atom. The minimum Gasteiger partial charge on any atom is -0.356 e. The fourth-order valence-electron chi connectivity index (χ4n) is 3.23. The van der Waals surface area contributed by atoms with Gasteiger partial charge in [0.15, 0.2) is 0 Å². The first-order valence-corrected chi connectivity index (χ1v) is 9.63. The minimum absolute atomic E-state index is 0.205. The quantitative estimate of drug-likeness (QED) is 0.701. The van der Waals surface area contributed by atoms with Crippen LogP contribution in [0.2, 0.25) is 0 Å². The zero-order valence-electron chi connectivity index (χ0n) is 13.9. The smallest absolute Gasteiger partial charge is 0.220 e. The Morgan fingerprint density at radius 2 is 2.14 bits per heavy atom. The Kier molecular flexibility index (Phi) is 7.95. The van der Waals surface area contributed by atoms with Crippen molar-refractivity contribution in [3.05, 3.63) is 22.4 Å². The molecule has 1 heterocycles. The van der Waals surface area contributed by atoms with Crippen molar-refractivity contribution in [3.8, 4) is 0 Å². The maximum atomic E-state index is 11.8. The third-order valence-electron chi connectivity index (χ3n) is 4.61. The van der Waals surface area contributed by atoms with Crippen LogP contribution in [0.15, 0.2) is 17.5 Å². The van der Waals surface area contributed by atoms with Crippen molar-refractivity contribution in [2.75, 3.05) is 20.1 Å². The molecule has 4 heteroatoms. The average Bonchev–Trinajstić information content (AvgIpc) is 3.05. The van der Waals surface area contributed by atoms with E-state index in [9.17, 15) is 4.79 Å². The highest BCUT2D eigenvalue weighted by molar-refractivity contribution is 7.09. The first kappa shape index (κ1) is 17.5. The topological polar surface area (TPSA) is 32.3 Å². The first-order chi connectivity index (χ1) is 10.8. The van der Waals surface area contributed by atoms with Gasteiger partial charge in [-0.15, -0.1) is 11.3 Å². The number of amides is 1. The summed E-state index contributed by atoms with van der Waals surface area (Å²) >= 11 is 1.78. The molecule has 0 spiro atoms. The second-order valence-corrected chi connectivity index (χ2v) is 7.44. The van der Waals surface area contributed by atoms with E-state index in [2.05, 4.69) is 34.8 Å². The molecule has 1 aliphatic carbocycles. The number of carbonyl (C=O) groups excluding carboxylic acids is 1. The largest absolute Gasteiger partial charge is 0.356 e. The minimum atomic E-state index is 0.205. The van der Waals surface area contributed by atoms with Gasteiger partial charge in [0.1, 0.15) is 0 Å². The molecule has 2 rings (SSSR count). The van der Waals surface area contributed by atoms with E-state index in [1.165, 1.54) is 37.0 Å². The van der Waals surface area contributed by atoms with Gasteiger partial charge in [-0.25, -0.2) is 0 Å². The van der Waals surface area contributed by atoms with Gasteiger partial charge in [-0.2, -0.15) is 0 Å². The number of rotatable bonds is 9. The second-order valence-electron chi connectivity index (χ2n) is 6.41. The molecule has 1 aliphatic rings. The predicted molar refractivity (Wildman–Crippen MR) is 94.4 cm³/mol. The van der Waals surface area contributed by atoms with Crippen LogP contribution in [0.4, 0.5) is 0 Å². The van der Waals surface area contributed by atoms with E-state index < -0.39 is 0 Å². The van der Waals surface area contributed by atoms with Gasteiger partial charge >= 0.3 is 0 Å². The lowest BCUT2D eigenvalue weighted by Gasteiger charge is -2.31. The maximum Gasteiger partial charge on any atom is 0.220 e. The average molecular weight is 323 g/mol. The van der Waals surface area contributed by atoms with E-state index >= 15 is 0 Å². The third kappa shape index (κ3) is 6.49. The van der Waals surface area contributed by atoms with E-state index in [0.717, 1.165) is 38.4 Å². The number of nitrogens with zero attached hydrogens (tertiary/aromatic N) is 1. The zero-order chi connectivity index (χ0) is 15.6. The molecule has 0 saturated heterocycles.